The van der Waals surface area contributed by atoms with E-state index < -0.39 is 0 Å². The minimum absolute atomic E-state index is 0.0298. The van der Waals surface area contributed by atoms with Crippen molar-refractivity contribution in [2.75, 3.05) is 5.75 Å². The van der Waals surface area contributed by atoms with Crippen molar-refractivity contribution >= 4 is 29.3 Å². The lowest BCUT2D eigenvalue weighted by Gasteiger charge is -2.25. The fourth-order valence-corrected chi connectivity index (χ4v) is 4.74. The van der Waals surface area contributed by atoms with Crippen molar-refractivity contribution in [1.29, 1.82) is 0 Å². The number of amides is 1. The molecule has 1 amide bonds. The molecule has 3 rings (SSSR count). The van der Waals surface area contributed by atoms with Gasteiger partial charge in [0.25, 0.3) is 0 Å². The van der Waals surface area contributed by atoms with Crippen LogP contribution >= 0.6 is 23.4 Å². The Morgan fingerprint density at radius 2 is 2.10 bits per heavy atom. The van der Waals surface area contributed by atoms with E-state index in [9.17, 15) is 4.79 Å². The molecule has 0 aliphatic heterocycles. The summed E-state index contributed by atoms with van der Waals surface area (Å²) in [7, 11) is 0. The van der Waals surface area contributed by atoms with Crippen LogP contribution in [0.2, 0.25) is 5.02 Å². The number of hydrogen-bond donors (Lipinski definition) is 1. The topological polar surface area (TPSA) is 69.0 Å². The number of rotatable bonds is 9. The fourth-order valence-electron chi connectivity index (χ4n) is 3.68. The minimum atomic E-state index is 0.0298. The summed E-state index contributed by atoms with van der Waals surface area (Å²) < 4.78 is 8.24. The monoisotopic (exact) mass is 450 g/mol. The third-order valence-corrected chi connectivity index (χ3v) is 6.70. The van der Waals surface area contributed by atoms with Gasteiger partial charge in [0.15, 0.2) is 11.0 Å². The summed E-state index contributed by atoms with van der Waals surface area (Å²) in [5.74, 6) is 1.97. The second-order valence-electron chi connectivity index (χ2n) is 7.92. The van der Waals surface area contributed by atoms with E-state index in [1.165, 1.54) is 31.0 Å². The van der Waals surface area contributed by atoms with E-state index in [1.54, 1.807) is 0 Å². The molecule has 1 atom stereocenters. The molecule has 0 bridgehead atoms. The molecule has 1 N–H and O–H groups in total. The van der Waals surface area contributed by atoms with Crippen molar-refractivity contribution in [1.82, 2.24) is 20.1 Å². The van der Waals surface area contributed by atoms with Gasteiger partial charge in [-0.15, -0.1) is 10.2 Å². The van der Waals surface area contributed by atoms with Crippen LogP contribution < -0.4 is 10.1 Å². The highest BCUT2D eigenvalue weighted by Gasteiger charge is 2.24. The van der Waals surface area contributed by atoms with E-state index in [-0.39, 0.29) is 11.9 Å². The van der Waals surface area contributed by atoms with Crippen LogP contribution in [-0.4, -0.2) is 32.5 Å². The molecule has 1 unspecified atom stereocenters. The number of carbonyl (C=O) groups excluding carboxylic acids is 1. The Kier molecular flexibility index (Phi) is 8.45. The fraction of sp³-hybridized carbons (Fsp3) is 0.591. The number of carbonyl (C=O) groups is 1. The first kappa shape index (κ1) is 22.9. The smallest absolute Gasteiger partial charge is 0.230 e. The van der Waals surface area contributed by atoms with Gasteiger partial charge in [-0.1, -0.05) is 49.5 Å². The molecule has 8 heteroatoms. The van der Waals surface area contributed by atoms with Crippen LogP contribution in [0, 0.1) is 6.92 Å². The van der Waals surface area contributed by atoms with Gasteiger partial charge in [0.2, 0.25) is 5.91 Å². The Morgan fingerprint density at radius 1 is 1.33 bits per heavy atom. The molecule has 1 aromatic heterocycles. The standard InChI is InChI=1S/C22H31ClN4O2S/c1-4-16(3)24-21(28)14-30-22-26-25-20(27(22)18-8-6-5-7-9-18)13-29-19-11-10-17(23)12-15(19)2/h10-12,16,18H,4-9,13-14H2,1-3H3,(H,24,28). The van der Waals surface area contributed by atoms with Crippen LogP contribution in [0.15, 0.2) is 23.4 Å². The lowest BCUT2D eigenvalue weighted by atomic mass is 9.95. The molecule has 1 aliphatic carbocycles. The maximum atomic E-state index is 12.2. The average Bonchev–Trinajstić information content (AvgIpc) is 3.15. The molecule has 1 aromatic carbocycles. The number of ether oxygens (including phenoxy) is 1. The van der Waals surface area contributed by atoms with Gasteiger partial charge >= 0.3 is 0 Å². The first-order chi connectivity index (χ1) is 14.5. The van der Waals surface area contributed by atoms with Crippen LogP contribution in [0.5, 0.6) is 5.75 Å². The van der Waals surface area contributed by atoms with Gasteiger partial charge in [-0.2, -0.15) is 0 Å². The van der Waals surface area contributed by atoms with Crippen LogP contribution in [0.1, 0.15) is 69.8 Å². The zero-order chi connectivity index (χ0) is 21.5. The average molecular weight is 451 g/mol. The van der Waals surface area contributed by atoms with E-state index in [4.69, 9.17) is 16.3 Å². The zero-order valence-electron chi connectivity index (χ0n) is 18.0. The Labute approximate surface area is 188 Å². The number of nitrogens with zero attached hydrogens (tertiary/aromatic N) is 3. The third kappa shape index (κ3) is 6.14. The number of hydrogen-bond acceptors (Lipinski definition) is 5. The second-order valence-corrected chi connectivity index (χ2v) is 9.30. The normalized spacial score (nSPS) is 15.7. The van der Waals surface area contributed by atoms with Crippen molar-refractivity contribution in [2.24, 2.45) is 0 Å². The van der Waals surface area contributed by atoms with Crippen LogP contribution in [-0.2, 0) is 11.4 Å². The highest BCUT2D eigenvalue weighted by molar-refractivity contribution is 7.99. The predicted octanol–water partition coefficient (Wildman–Crippen LogP) is 5.33. The number of nitrogens with one attached hydrogen (secondary N) is 1. The molecule has 1 aliphatic rings. The van der Waals surface area contributed by atoms with Crippen molar-refractivity contribution in [2.45, 2.75) is 83.1 Å². The Hall–Kier alpha value is -1.73. The second kappa shape index (κ2) is 11.0. The molecule has 30 heavy (non-hydrogen) atoms. The molecule has 0 radical (unpaired) electrons. The Bertz CT molecular complexity index is 852. The van der Waals surface area contributed by atoms with E-state index >= 15 is 0 Å². The minimum Gasteiger partial charge on any atom is -0.485 e. The molecular weight excluding hydrogens is 420 g/mol. The lowest BCUT2D eigenvalue weighted by molar-refractivity contribution is -0.119. The number of thioether (sulfide) groups is 1. The highest BCUT2D eigenvalue weighted by Crippen LogP contribution is 2.33. The van der Waals surface area contributed by atoms with Gasteiger partial charge in [-0.25, -0.2) is 0 Å². The first-order valence-electron chi connectivity index (χ1n) is 10.7. The molecule has 2 aromatic rings. The van der Waals surface area contributed by atoms with Gasteiger partial charge in [0.05, 0.1) is 5.75 Å². The van der Waals surface area contributed by atoms with E-state index in [1.807, 2.05) is 32.0 Å². The largest absolute Gasteiger partial charge is 0.485 e. The summed E-state index contributed by atoms with van der Waals surface area (Å²) in [5.41, 5.74) is 0.988. The maximum absolute atomic E-state index is 12.2. The van der Waals surface area contributed by atoms with Gasteiger partial charge in [-0.3, -0.25) is 9.36 Å². The van der Waals surface area contributed by atoms with Crippen molar-refractivity contribution in [3.8, 4) is 5.75 Å². The molecule has 1 saturated carbocycles. The predicted molar refractivity (Wildman–Crippen MR) is 121 cm³/mol. The zero-order valence-corrected chi connectivity index (χ0v) is 19.6. The summed E-state index contributed by atoms with van der Waals surface area (Å²) in [5, 5.41) is 13.3. The number of aryl methyl sites for hydroxylation is 1. The molecular formula is C22H31ClN4O2S. The summed E-state index contributed by atoms with van der Waals surface area (Å²) in [4.78, 5) is 12.2. The van der Waals surface area contributed by atoms with Gasteiger partial charge in [0.1, 0.15) is 12.4 Å². The summed E-state index contributed by atoms with van der Waals surface area (Å²) >= 11 is 7.50. The van der Waals surface area contributed by atoms with Gasteiger partial charge in [-0.05, 0) is 56.9 Å². The Balaban J connectivity index is 1.73. The number of aromatic nitrogens is 3. The summed E-state index contributed by atoms with van der Waals surface area (Å²) in [6, 6.07) is 6.14. The molecule has 164 valence electrons. The van der Waals surface area contributed by atoms with Gasteiger partial charge in [0, 0.05) is 17.1 Å². The van der Waals surface area contributed by atoms with Crippen molar-refractivity contribution < 1.29 is 9.53 Å². The Morgan fingerprint density at radius 3 is 2.80 bits per heavy atom. The quantitative estimate of drug-likeness (QED) is 0.523. The SMILES string of the molecule is CCC(C)NC(=O)CSc1nnc(COc2ccc(Cl)cc2C)n1C1CCCCC1. The first-order valence-corrected chi connectivity index (χ1v) is 12.1. The molecule has 1 heterocycles. The van der Waals surface area contributed by atoms with E-state index in [0.717, 1.165) is 41.6 Å². The lowest BCUT2D eigenvalue weighted by Crippen LogP contribution is -2.33. The van der Waals surface area contributed by atoms with Crippen LogP contribution in [0.4, 0.5) is 0 Å². The number of halogens is 1. The van der Waals surface area contributed by atoms with Crippen LogP contribution in [0.25, 0.3) is 0 Å². The summed E-state index contributed by atoms with van der Waals surface area (Å²) in [6.45, 7) is 6.39. The van der Waals surface area contributed by atoms with E-state index in [0.29, 0.717) is 23.4 Å². The third-order valence-electron chi connectivity index (χ3n) is 5.52. The maximum Gasteiger partial charge on any atom is 0.230 e. The van der Waals surface area contributed by atoms with E-state index in [2.05, 4.69) is 27.0 Å². The molecule has 0 saturated heterocycles. The summed E-state index contributed by atoms with van der Waals surface area (Å²) in [6.07, 6.45) is 6.82. The van der Waals surface area contributed by atoms with Gasteiger partial charge < -0.3 is 10.1 Å². The van der Waals surface area contributed by atoms with Crippen molar-refractivity contribution in [3.05, 3.63) is 34.6 Å². The molecule has 1 fully saturated rings. The van der Waals surface area contributed by atoms with Crippen LogP contribution in [0.3, 0.4) is 0 Å². The highest BCUT2D eigenvalue weighted by atomic mass is 35.5. The molecule has 0 spiro atoms. The molecule has 6 nitrogen and oxygen atoms in total. The number of benzene rings is 1. The van der Waals surface area contributed by atoms with Crippen molar-refractivity contribution in [3.63, 3.8) is 0 Å².